The van der Waals surface area contributed by atoms with E-state index >= 15 is 0 Å². The smallest absolute Gasteiger partial charge is 0.241 e. The molecule has 21 heavy (non-hydrogen) atoms. The van der Waals surface area contributed by atoms with Gasteiger partial charge >= 0.3 is 0 Å². The Kier molecular flexibility index (Phi) is 4.37. The van der Waals surface area contributed by atoms with Gasteiger partial charge in [-0.15, -0.1) is 0 Å². The second kappa shape index (κ2) is 5.75. The van der Waals surface area contributed by atoms with Gasteiger partial charge in [0, 0.05) is 12.1 Å². The third-order valence-electron chi connectivity index (χ3n) is 3.71. The van der Waals surface area contributed by atoms with Gasteiger partial charge in [0.05, 0.1) is 4.90 Å². The Balaban J connectivity index is 2.26. The van der Waals surface area contributed by atoms with E-state index in [1.807, 2.05) is 13.8 Å². The molecule has 1 fully saturated rings. The molecule has 6 heteroatoms. The molecule has 116 valence electrons. The third-order valence-corrected chi connectivity index (χ3v) is 5.77. The third kappa shape index (κ3) is 3.26. The maximum atomic E-state index is 12.9. The van der Waals surface area contributed by atoms with Crippen molar-refractivity contribution in [2.45, 2.75) is 55.8 Å². The summed E-state index contributed by atoms with van der Waals surface area (Å²) in [6, 6.07) is 4.70. The van der Waals surface area contributed by atoms with E-state index in [2.05, 4.69) is 0 Å². The molecule has 1 aromatic rings. The maximum Gasteiger partial charge on any atom is 0.241 e. The topological polar surface area (TPSA) is 54.5 Å². The Morgan fingerprint density at radius 2 is 1.71 bits per heavy atom. The molecule has 4 nitrogen and oxygen atoms in total. The van der Waals surface area contributed by atoms with Crippen LogP contribution in [0.2, 0.25) is 0 Å². The van der Waals surface area contributed by atoms with Crippen LogP contribution in [-0.2, 0) is 14.6 Å². The van der Waals surface area contributed by atoms with E-state index < -0.39 is 20.9 Å². The van der Waals surface area contributed by atoms with Crippen molar-refractivity contribution in [3.63, 3.8) is 0 Å². The maximum absolute atomic E-state index is 12.9. The molecular weight excluding hydrogens is 293 g/mol. The first kappa shape index (κ1) is 15.9. The van der Waals surface area contributed by atoms with Crippen molar-refractivity contribution in [2.24, 2.45) is 0 Å². The lowest BCUT2D eigenvalue weighted by Gasteiger charge is -2.29. The molecule has 0 radical (unpaired) electrons. The lowest BCUT2D eigenvalue weighted by molar-refractivity contribution is -0.132. The van der Waals surface area contributed by atoms with Crippen molar-refractivity contribution >= 4 is 15.7 Å². The quantitative estimate of drug-likeness (QED) is 0.784. The Morgan fingerprint density at radius 3 is 2.14 bits per heavy atom. The molecule has 1 unspecified atom stereocenters. The number of hydrogen-bond donors (Lipinski definition) is 0. The average Bonchev–Trinajstić information content (AvgIpc) is 3.22. The predicted molar refractivity (Wildman–Crippen MR) is 78.1 cm³/mol. The molecular formula is C15H20FNO3S. The Labute approximate surface area is 124 Å². The summed E-state index contributed by atoms with van der Waals surface area (Å²) >= 11 is 0. The summed E-state index contributed by atoms with van der Waals surface area (Å²) in [5, 5.41) is -1.16. The van der Waals surface area contributed by atoms with Gasteiger partial charge in [-0.1, -0.05) is 0 Å². The fourth-order valence-corrected chi connectivity index (χ4v) is 3.69. The molecule has 0 aliphatic heterocycles. The molecule has 0 spiro atoms. The largest absolute Gasteiger partial charge is 0.336 e. The number of amides is 1. The highest BCUT2D eigenvalue weighted by Crippen LogP contribution is 2.30. The zero-order chi connectivity index (χ0) is 15.8. The molecule has 1 aromatic carbocycles. The molecule has 0 saturated heterocycles. The summed E-state index contributed by atoms with van der Waals surface area (Å²) in [5.74, 6) is -0.883. The van der Waals surface area contributed by atoms with E-state index in [9.17, 15) is 17.6 Å². The number of carbonyl (C=O) groups is 1. The van der Waals surface area contributed by atoms with Crippen LogP contribution in [0.15, 0.2) is 29.2 Å². The van der Waals surface area contributed by atoms with Gasteiger partial charge < -0.3 is 4.90 Å². The average molecular weight is 313 g/mol. The molecule has 1 amide bonds. The minimum absolute atomic E-state index is 0.0238. The fourth-order valence-electron chi connectivity index (χ4n) is 2.38. The highest BCUT2D eigenvalue weighted by molar-refractivity contribution is 7.92. The van der Waals surface area contributed by atoms with Crippen LogP contribution in [0.1, 0.15) is 33.6 Å². The van der Waals surface area contributed by atoms with Crippen molar-refractivity contribution in [3.8, 4) is 0 Å². The first-order valence-corrected chi connectivity index (χ1v) is 8.61. The number of sulfone groups is 1. The van der Waals surface area contributed by atoms with Crippen LogP contribution in [0.25, 0.3) is 0 Å². The van der Waals surface area contributed by atoms with Gasteiger partial charge in [0.2, 0.25) is 5.91 Å². The summed E-state index contributed by atoms with van der Waals surface area (Å²) in [6.45, 7) is 5.17. The van der Waals surface area contributed by atoms with Gasteiger partial charge in [-0.25, -0.2) is 12.8 Å². The molecule has 1 atom stereocenters. The molecule has 0 bridgehead atoms. The van der Waals surface area contributed by atoms with E-state index in [0.717, 1.165) is 25.0 Å². The van der Waals surface area contributed by atoms with E-state index in [0.29, 0.717) is 0 Å². The number of rotatable bonds is 5. The minimum Gasteiger partial charge on any atom is -0.336 e. The summed E-state index contributed by atoms with van der Waals surface area (Å²) < 4.78 is 37.9. The molecule has 2 rings (SSSR count). The zero-order valence-corrected chi connectivity index (χ0v) is 13.2. The second-order valence-electron chi connectivity index (χ2n) is 5.71. The van der Waals surface area contributed by atoms with Crippen molar-refractivity contribution in [3.05, 3.63) is 30.1 Å². The van der Waals surface area contributed by atoms with E-state index in [1.165, 1.54) is 19.1 Å². The van der Waals surface area contributed by atoms with Gasteiger partial charge in [-0.2, -0.15) is 0 Å². The molecule has 0 N–H and O–H groups in total. The second-order valence-corrected chi connectivity index (χ2v) is 7.98. The van der Waals surface area contributed by atoms with E-state index in [4.69, 9.17) is 0 Å². The van der Waals surface area contributed by atoms with E-state index in [1.54, 1.807) is 4.90 Å². The Hall–Kier alpha value is -1.43. The van der Waals surface area contributed by atoms with Crippen molar-refractivity contribution in [1.29, 1.82) is 0 Å². The first-order chi connectivity index (χ1) is 9.75. The lowest BCUT2D eigenvalue weighted by Crippen LogP contribution is -2.46. The van der Waals surface area contributed by atoms with Crippen molar-refractivity contribution in [2.75, 3.05) is 0 Å². The van der Waals surface area contributed by atoms with Crippen LogP contribution in [0, 0.1) is 5.82 Å². The summed E-state index contributed by atoms with van der Waals surface area (Å²) in [5.41, 5.74) is 0. The number of carbonyl (C=O) groups excluding carboxylic acids is 1. The SMILES string of the molecule is CC(C)N(C(=O)C(C)S(=O)(=O)c1ccc(F)cc1)C1CC1. The predicted octanol–water partition coefficient (Wildman–Crippen LogP) is 2.39. The molecule has 1 aliphatic carbocycles. The lowest BCUT2D eigenvalue weighted by atomic mass is 10.2. The minimum atomic E-state index is -3.80. The van der Waals surface area contributed by atoms with Gasteiger partial charge in [0.1, 0.15) is 11.1 Å². The van der Waals surface area contributed by atoms with Crippen LogP contribution in [0.5, 0.6) is 0 Å². The molecule has 0 aromatic heterocycles. The molecule has 1 aliphatic rings. The molecule has 1 saturated carbocycles. The Bertz CT molecular complexity index is 619. The van der Waals surface area contributed by atoms with Gasteiger partial charge in [-0.3, -0.25) is 4.79 Å². The van der Waals surface area contributed by atoms with Crippen LogP contribution in [0.3, 0.4) is 0 Å². The van der Waals surface area contributed by atoms with Crippen LogP contribution < -0.4 is 0 Å². The van der Waals surface area contributed by atoms with Crippen LogP contribution in [0.4, 0.5) is 4.39 Å². The Morgan fingerprint density at radius 1 is 1.19 bits per heavy atom. The fraction of sp³-hybridized carbons (Fsp3) is 0.533. The van der Waals surface area contributed by atoms with Gasteiger partial charge in [0.25, 0.3) is 0 Å². The monoisotopic (exact) mass is 313 g/mol. The standard InChI is InChI=1S/C15H20FNO3S/c1-10(2)17(13-6-7-13)15(18)11(3)21(19,20)14-8-4-12(16)5-9-14/h4-5,8-11,13H,6-7H2,1-3H3. The number of benzene rings is 1. The normalized spacial score (nSPS) is 16.8. The summed E-state index contributed by atoms with van der Waals surface area (Å²) in [6.07, 6.45) is 1.85. The number of nitrogens with zero attached hydrogens (tertiary/aromatic N) is 1. The van der Waals surface area contributed by atoms with Gasteiger partial charge in [-0.05, 0) is 57.9 Å². The summed E-state index contributed by atoms with van der Waals surface area (Å²) in [7, 11) is -3.80. The van der Waals surface area contributed by atoms with Gasteiger partial charge in [0.15, 0.2) is 9.84 Å². The highest BCUT2D eigenvalue weighted by atomic mass is 32.2. The number of halogens is 1. The van der Waals surface area contributed by atoms with Crippen LogP contribution >= 0.6 is 0 Å². The zero-order valence-electron chi connectivity index (χ0n) is 12.4. The first-order valence-electron chi connectivity index (χ1n) is 7.06. The number of hydrogen-bond acceptors (Lipinski definition) is 3. The van der Waals surface area contributed by atoms with Crippen molar-refractivity contribution < 1.29 is 17.6 Å². The van der Waals surface area contributed by atoms with Crippen LogP contribution in [-0.4, -0.2) is 36.6 Å². The molecule has 0 heterocycles. The summed E-state index contributed by atoms with van der Waals surface area (Å²) in [4.78, 5) is 14.2. The van der Waals surface area contributed by atoms with Crippen molar-refractivity contribution in [1.82, 2.24) is 4.90 Å². The van der Waals surface area contributed by atoms with E-state index in [-0.39, 0.29) is 22.9 Å². The highest BCUT2D eigenvalue weighted by Gasteiger charge is 2.40.